The summed E-state index contributed by atoms with van der Waals surface area (Å²) in [6, 6.07) is 9.31. The smallest absolute Gasteiger partial charge is 0.0700 e. The molecule has 3 rings (SSSR count). The lowest BCUT2D eigenvalue weighted by Gasteiger charge is -2.23. The first-order valence-electron chi connectivity index (χ1n) is 7.52. The first-order chi connectivity index (χ1) is 9.34. The summed E-state index contributed by atoms with van der Waals surface area (Å²) in [5.74, 6) is 0. The highest BCUT2D eigenvalue weighted by Gasteiger charge is 2.24. The van der Waals surface area contributed by atoms with Crippen molar-refractivity contribution in [2.45, 2.75) is 44.9 Å². The second-order valence-electron chi connectivity index (χ2n) is 5.67. The number of hydrogen-bond acceptors (Lipinski definition) is 3. The zero-order valence-corrected chi connectivity index (χ0v) is 11.8. The molecule has 2 atom stereocenters. The van der Waals surface area contributed by atoms with Gasteiger partial charge in [0.1, 0.15) is 0 Å². The van der Waals surface area contributed by atoms with E-state index in [1.807, 2.05) is 0 Å². The van der Waals surface area contributed by atoms with Gasteiger partial charge in [0.2, 0.25) is 0 Å². The minimum atomic E-state index is 0.346. The third kappa shape index (κ3) is 2.93. The molecular formula is C16H24N2O. The fourth-order valence-electron chi connectivity index (χ4n) is 3.17. The summed E-state index contributed by atoms with van der Waals surface area (Å²) in [6.07, 6.45) is 4.14. The van der Waals surface area contributed by atoms with Crippen molar-refractivity contribution in [1.82, 2.24) is 5.32 Å². The Morgan fingerprint density at radius 2 is 2.05 bits per heavy atom. The average molecular weight is 260 g/mol. The van der Waals surface area contributed by atoms with Gasteiger partial charge in [-0.3, -0.25) is 0 Å². The molecule has 19 heavy (non-hydrogen) atoms. The molecule has 0 spiro atoms. The number of anilines is 1. The van der Waals surface area contributed by atoms with Crippen LogP contribution in [-0.2, 0) is 11.3 Å². The average Bonchev–Trinajstić information content (AvgIpc) is 3.08. The molecule has 1 aromatic carbocycles. The van der Waals surface area contributed by atoms with E-state index < -0.39 is 0 Å². The number of nitrogens with zero attached hydrogens (tertiary/aromatic N) is 1. The van der Waals surface area contributed by atoms with Crippen LogP contribution in [0.4, 0.5) is 5.69 Å². The standard InChI is InChI=1S/C16H24N2O/c1-13-15(8-11-19-13)17-12-14-6-2-3-7-16(14)18-9-4-5-10-18/h2-3,6-7,13,15,17H,4-5,8-12H2,1H3. The lowest BCUT2D eigenvalue weighted by atomic mass is 10.1. The third-order valence-corrected chi connectivity index (χ3v) is 4.37. The summed E-state index contributed by atoms with van der Waals surface area (Å²) in [5, 5.41) is 3.66. The Hall–Kier alpha value is -1.06. The van der Waals surface area contributed by atoms with Gasteiger partial charge >= 0.3 is 0 Å². The molecule has 0 aromatic heterocycles. The zero-order valence-electron chi connectivity index (χ0n) is 11.8. The maximum absolute atomic E-state index is 5.61. The van der Waals surface area contributed by atoms with Crippen molar-refractivity contribution in [2.75, 3.05) is 24.6 Å². The Morgan fingerprint density at radius 3 is 2.79 bits per heavy atom. The summed E-state index contributed by atoms with van der Waals surface area (Å²) < 4.78 is 5.61. The van der Waals surface area contributed by atoms with Crippen molar-refractivity contribution in [1.29, 1.82) is 0 Å². The first-order valence-corrected chi connectivity index (χ1v) is 7.52. The molecule has 1 N–H and O–H groups in total. The van der Waals surface area contributed by atoms with E-state index in [0.29, 0.717) is 12.1 Å². The lowest BCUT2D eigenvalue weighted by Crippen LogP contribution is -2.34. The number of rotatable bonds is 4. The largest absolute Gasteiger partial charge is 0.377 e. The Bertz CT molecular complexity index is 415. The van der Waals surface area contributed by atoms with Gasteiger partial charge in [0.25, 0.3) is 0 Å². The van der Waals surface area contributed by atoms with E-state index in [-0.39, 0.29) is 0 Å². The summed E-state index contributed by atoms with van der Waals surface area (Å²) in [4.78, 5) is 2.52. The van der Waals surface area contributed by atoms with Gasteiger partial charge in [-0.1, -0.05) is 18.2 Å². The van der Waals surface area contributed by atoms with Crippen LogP contribution in [0.5, 0.6) is 0 Å². The zero-order chi connectivity index (χ0) is 13.1. The van der Waals surface area contributed by atoms with E-state index in [1.54, 1.807) is 0 Å². The van der Waals surface area contributed by atoms with E-state index in [1.165, 1.54) is 37.2 Å². The molecular weight excluding hydrogens is 236 g/mol. The molecule has 0 bridgehead atoms. The normalized spacial score (nSPS) is 27.1. The topological polar surface area (TPSA) is 24.5 Å². The monoisotopic (exact) mass is 260 g/mol. The van der Waals surface area contributed by atoms with Crippen molar-refractivity contribution < 1.29 is 4.74 Å². The van der Waals surface area contributed by atoms with Gasteiger partial charge in [0, 0.05) is 38.0 Å². The Kier molecular flexibility index (Phi) is 4.04. The second-order valence-corrected chi connectivity index (χ2v) is 5.67. The molecule has 104 valence electrons. The second kappa shape index (κ2) is 5.93. The molecule has 2 unspecified atom stereocenters. The Balaban J connectivity index is 1.66. The van der Waals surface area contributed by atoms with E-state index in [9.17, 15) is 0 Å². The van der Waals surface area contributed by atoms with Crippen molar-refractivity contribution in [2.24, 2.45) is 0 Å². The molecule has 0 saturated carbocycles. The molecule has 0 radical (unpaired) electrons. The summed E-state index contributed by atoms with van der Waals surface area (Å²) in [5.41, 5.74) is 2.84. The van der Waals surface area contributed by atoms with Crippen LogP contribution in [0.15, 0.2) is 24.3 Å². The van der Waals surface area contributed by atoms with Crippen molar-refractivity contribution >= 4 is 5.69 Å². The Labute approximate surface area is 115 Å². The van der Waals surface area contributed by atoms with Crippen LogP contribution in [-0.4, -0.2) is 31.8 Å². The fourth-order valence-corrected chi connectivity index (χ4v) is 3.17. The van der Waals surface area contributed by atoms with E-state index >= 15 is 0 Å². The van der Waals surface area contributed by atoms with Crippen LogP contribution in [0.1, 0.15) is 31.7 Å². The molecule has 2 heterocycles. The molecule has 1 aromatic rings. The van der Waals surface area contributed by atoms with Gasteiger partial charge < -0.3 is 15.0 Å². The highest BCUT2D eigenvalue weighted by molar-refractivity contribution is 5.54. The van der Waals surface area contributed by atoms with Gasteiger partial charge in [-0.2, -0.15) is 0 Å². The molecule has 2 fully saturated rings. The predicted molar refractivity (Wildman–Crippen MR) is 78.5 cm³/mol. The van der Waals surface area contributed by atoms with Crippen molar-refractivity contribution in [3.05, 3.63) is 29.8 Å². The van der Waals surface area contributed by atoms with Crippen molar-refractivity contribution in [3.63, 3.8) is 0 Å². The van der Waals surface area contributed by atoms with E-state index in [0.717, 1.165) is 19.6 Å². The molecule has 2 saturated heterocycles. The van der Waals surface area contributed by atoms with E-state index in [4.69, 9.17) is 4.74 Å². The van der Waals surface area contributed by atoms with Crippen LogP contribution < -0.4 is 10.2 Å². The third-order valence-electron chi connectivity index (χ3n) is 4.37. The van der Waals surface area contributed by atoms with Gasteiger partial charge in [-0.15, -0.1) is 0 Å². The van der Waals surface area contributed by atoms with Crippen LogP contribution in [0, 0.1) is 0 Å². The van der Waals surface area contributed by atoms with Crippen LogP contribution in [0.2, 0.25) is 0 Å². The molecule has 2 aliphatic heterocycles. The highest BCUT2D eigenvalue weighted by atomic mass is 16.5. The number of benzene rings is 1. The lowest BCUT2D eigenvalue weighted by molar-refractivity contribution is 0.113. The molecule has 3 nitrogen and oxygen atoms in total. The maximum atomic E-state index is 5.61. The quantitative estimate of drug-likeness (QED) is 0.900. The SMILES string of the molecule is CC1OCCC1NCc1ccccc1N1CCCC1. The number of nitrogens with one attached hydrogen (secondary N) is 1. The minimum absolute atomic E-state index is 0.346. The fraction of sp³-hybridized carbons (Fsp3) is 0.625. The first kappa shape index (κ1) is 12.9. The highest BCUT2D eigenvalue weighted by Crippen LogP contribution is 2.25. The maximum Gasteiger partial charge on any atom is 0.0700 e. The van der Waals surface area contributed by atoms with Gasteiger partial charge in [-0.05, 0) is 37.8 Å². The van der Waals surface area contributed by atoms with Crippen LogP contribution in [0.3, 0.4) is 0 Å². The summed E-state index contributed by atoms with van der Waals surface area (Å²) in [6.45, 7) is 6.43. The summed E-state index contributed by atoms with van der Waals surface area (Å²) in [7, 11) is 0. The number of hydrogen-bond donors (Lipinski definition) is 1. The number of ether oxygens (including phenoxy) is 1. The van der Waals surface area contributed by atoms with Crippen LogP contribution in [0.25, 0.3) is 0 Å². The molecule has 3 heteroatoms. The number of para-hydroxylation sites is 1. The predicted octanol–water partition coefficient (Wildman–Crippen LogP) is 2.55. The molecule has 2 aliphatic rings. The van der Waals surface area contributed by atoms with Crippen LogP contribution >= 0.6 is 0 Å². The minimum Gasteiger partial charge on any atom is -0.377 e. The summed E-state index contributed by atoms with van der Waals surface area (Å²) >= 11 is 0. The molecule has 0 aliphatic carbocycles. The van der Waals surface area contributed by atoms with E-state index in [2.05, 4.69) is 41.4 Å². The Morgan fingerprint density at radius 1 is 1.26 bits per heavy atom. The molecule has 0 amide bonds. The van der Waals surface area contributed by atoms with Gasteiger partial charge in [0.15, 0.2) is 0 Å². The van der Waals surface area contributed by atoms with Crippen molar-refractivity contribution in [3.8, 4) is 0 Å². The van der Waals surface area contributed by atoms with Gasteiger partial charge in [-0.25, -0.2) is 0 Å². The van der Waals surface area contributed by atoms with Gasteiger partial charge in [0.05, 0.1) is 6.10 Å².